The van der Waals surface area contributed by atoms with E-state index in [2.05, 4.69) is 21.9 Å². The van der Waals surface area contributed by atoms with Gasteiger partial charge in [-0.25, -0.2) is 8.42 Å². The summed E-state index contributed by atoms with van der Waals surface area (Å²) >= 11 is 0. The maximum absolute atomic E-state index is 13.2. The highest BCUT2D eigenvalue weighted by Crippen LogP contribution is 2.31. The van der Waals surface area contributed by atoms with Gasteiger partial charge in [0, 0.05) is 44.8 Å². The van der Waals surface area contributed by atoms with Crippen LogP contribution in [0.1, 0.15) is 44.0 Å². The Morgan fingerprint density at radius 2 is 1.79 bits per heavy atom. The van der Waals surface area contributed by atoms with Gasteiger partial charge >= 0.3 is 0 Å². The van der Waals surface area contributed by atoms with Crippen LogP contribution in [-0.4, -0.2) is 65.1 Å². The van der Waals surface area contributed by atoms with Crippen molar-refractivity contribution in [2.24, 2.45) is 0 Å². The highest BCUT2D eigenvalue weighted by Gasteiger charge is 2.23. The first-order valence-corrected chi connectivity index (χ1v) is 13.5. The van der Waals surface area contributed by atoms with Crippen LogP contribution in [0.5, 0.6) is 5.75 Å². The number of unbranched alkanes of at least 4 members (excludes halogenated alkanes) is 1. The summed E-state index contributed by atoms with van der Waals surface area (Å²) in [6.07, 6.45) is 1.93. The number of amides is 1. The first kappa shape index (κ1) is 25.8. The molecule has 9 heteroatoms. The van der Waals surface area contributed by atoms with Crippen molar-refractivity contribution in [2.45, 2.75) is 38.5 Å². The summed E-state index contributed by atoms with van der Waals surface area (Å²) in [4.78, 5) is 17.2. The lowest BCUT2D eigenvalue weighted by Gasteiger charge is -2.31. The number of hydrogen-bond acceptors (Lipinski definition) is 6. The SMILES string of the molecule is CCCCN(CC)C(=O)c1ccc(N2CCNCC2)c(NS(=O)(=O)c2ccc(OCC)cc2)c1. The Morgan fingerprint density at radius 1 is 1.09 bits per heavy atom. The highest BCUT2D eigenvalue weighted by molar-refractivity contribution is 7.92. The second-order valence-corrected chi connectivity index (χ2v) is 9.90. The molecule has 1 aliphatic rings. The molecular weight excluding hydrogens is 452 g/mol. The van der Waals surface area contributed by atoms with Gasteiger partial charge in [0.25, 0.3) is 15.9 Å². The molecule has 3 rings (SSSR count). The van der Waals surface area contributed by atoms with E-state index in [-0.39, 0.29) is 10.8 Å². The quantitative estimate of drug-likeness (QED) is 0.503. The van der Waals surface area contributed by atoms with Crippen LogP contribution in [0.4, 0.5) is 11.4 Å². The van der Waals surface area contributed by atoms with Gasteiger partial charge in [0.15, 0.2) is 0 Å². The minimum absolute atomic E-state index is 0.0932. The smallest absolute Gasteiger partial charge is 0.261 e. The van der Waals surface area contributed by atoms with Crippen molar-refractivity contribution in [1.82, 2.24) is 10.2 Å². The predicted octanol–water partition coefficient (Wildman–Crippen LogP) is 3.56. The fourth-order valence-corrected chi connectivity index (χ4v) is 5.02. The van der Waals surface area contributed by atoms with Gasteiger partial charge in [-0.05, 0) is 62.7 Å². The molecule has 0 saturated carbocycles. The molecule has 1 fully saturated rings. The number of piperazine rings is 1. The Kier molecular flexibility index (Phi) is 9.18. The van der Waals surface area contributed by atoms with E-state index in [0.29, 0.717) is 36.7 Å². The van der Waals surface area contributed by atoms with Crippen molar-refractivity contribution in [3.8, 4) is 5.75 Å². The number of sulfonamides is 1. The van der Waals surface area contributed by atoms with E-state index in [1.807, 2.05) is 19.9 Å². The standard InChI is InChI=1S/C25H36N4O4S/c1-4-7-16-28(5-2)25(30)20-8-13-24(29-17-14-26-15-18-29)23(19-20)27-34(31,32)22-11-9-21(10-12-22)33-6-3/h8-13,19,26-27H,4-7,14-18H2,1-3H3. The molecule has 186 valence electrons. The molecule has 2 N–H and O–H groups in total. The monoisotopic (exact) mass is 488 g/mol. The summed E-state index contributed by atoms with van der Waals surface area (Å²) < 4.78 is 34.6. The Labute approximate surface area is 203 Å². The van der Waals surface area contributed by atoms with Crippen LogP contribution >= 0.6 is 0 Å². The van der Waals surface area contributed by atoms with Gasteiger partial charge in [0.1, 0.15) is 5.75 Å². The number of anilines is 2. The molecule has 0 aliphatic carbocycles. The van der Waals surface area contributed by atoms with Crippen LogP contribution in [0.2, 0.25) is 0 Å². The Hall–Kier alpha value is -2.78. The molecule has 1 heterocycles. The third kappa shape index (κ3) is 6.42. The fraction of sp³-hybridized carbons (Fsp3) is 0.480. The molecule has 0 radical (unpaired) electrons. The van der Waals surface area contributed by atoms with Crippen molar-refractivity contribution >= 4 is 27.3 Å². The number of nitrogens with zero attached hydrogens (tertiary/aromatic N) is 2. The van der Waals surface area contributed by atoms with Gasteiger partial charge in [0.05, 0.1) is 22.9 Å². The number of ether oxygens (including phenoxy) is 1. The number of benzene rings is 2. The zero-order chi connectivity index (χ0) is 24.6. The minimum atomic E-state index is -3.86. The maximum Gasteiger partial charge on any atom is 0.261 e. The van der Waals surface area contributed by atoms with E-state index >= 15 is 0 Å². The van der Waals surface area contributed by atoms with Crippen LogP contribution in [0.15, 0.2) is 47.4 Å². The van der Waals surface area contributed by atoms with Crippen molar-refractivity contribution in [3.05, 3.63) is 48.0 Å². The van der Waals surface area contributed by atoms with Gasteiger partial charge in [-0.1, -0.05) is 13.3 Å². The topological polar surface area (TPSA) is 91.0 Å². The number of rotatable bonds is 11. The molecule has 2 aromatic rings. The molecule has 0 bridgehead atoms. The van der Waals surface area contributed by atoms with Crippen LogP contribution in [0, 0.1) is 0 Å². The highest BCUT2D eigenvalue weighted by atomic mass is 32.2. The first-order chi connectivity index (χ1) is 16.4. The summed E-state index contributed by atoms with van der Waals surface area (Å²) in [6, 6.07) is 11.6. The van der Waals surface area contributed by atoms with Crippen molar-refractivity contribution in [1.29, 1.82) is 0 Å². The Morgan fingerprint density at radius 3 is 2.41 bits per heavy atom. The number of carbonyl (C=O) groups excluding carboxylic acids is 1. The summed E-state index contributed by atoms with van der Waals surface area (Å²) in [5.74, 6) is 0.520. The second-order valence-electron chi connectivity index (χ2n) is 8.22. The Bertz CT molecular complexity index is 1050. The summed E-state index contributed by atoms with van der Waals surface area (Å²) in [7, 11) is -3.86. The van der Waals surface area contributed by atoms with E-state index in [0.717, 1.165) is 44.7 Å². The van der Waals surface area contributed by atoms with Gasteiger partial charge < -0.3 is 19.9 Å². The van der Waals surface area contributed by atoms with Crippen molar-refractivity contribution < 1.29 is 17.9 Å². The third-order valence-corrected chi connectivity index (χ3v) is 7.22. The molecule has 8 nitrogen and oxygen atoms in total. The zero-order valence-corrected chi connectivity index (χ0v) is 21.2. The van der Waals surface area contributed by atoms with E-state index in [4.69, 9.17) is 4.74 Å². The van der Waals surface area contributed by atoms with E-state index in [1.165, 1.54) is 12.1 Å². The molecule has 1 saturated heterocycles. The van der Waals surface area contributed by atoms with Crippen molar-refractivity contribution in [3.63, 3.8) is 0 Å². The van der Waals surface area contributed by atoms with E-state index < -0.39 is 10.0 Å². The number of hydrogen-bond donors (Lipinski definition) is 2. The summed E-state index contributed by atoms with van der Waals surface area (Å²) in [6.45, 7) is 10.8. The number of nitrogens with one attached hydrogen (secondary N) is 2. The maximum atomic E-state index is 13.2. The lowest BCUT2D eigenvalue weighted by atomic mass is 10.1. The molecule has 1 aliphatic heterocycles. The van der Waals surface area contributed by atoms with Crippen molar-refractivity contribution in [2.75, 3.05) is 55.5 Å². The van der Waals surface area contributed by atoms with Gasteiger partial charge in [-0.15, -0.1) is 0 Å². The second kappa shape index (κ2) is 12.1. The predicted molar refractivity (Wildman–Crippen MR) is 136 cm³/mol. The third-order valence-electron chi connectivity index (χ3n) is 5.84. The summed E-state index contributed by atoms with van der Waals surface area (Å²) in [5, 5.41) is 3.31. The molecular formula is C25H36N4O4S. The van der Waals surface area contributed by atoms with E-state index in [1.54, 1.807) is 29.2 Å². The van der Waals surface area contributed by atoms with Crippen LogP contribution in [-0.2, 0) is 10.0 Å². The fourth-order valence-electron chi connectivity index (χ4n) is 3.95. The average molecular weight is 489 g/mol. The molecule has 0 spiro atoms. The lowest BCUT2D eigenvalue weighted by Crippen LogP contribution is -2.43. The lowest BCUT2D eigenvalue weighted by molar-refractivity contribution is 0.0762. The first-order valence-electron chi connectivity index (χ1n) is 12.0. The average Bonchev–Trinajstić information content (AvgIpc) is 2.85. The zero-order valence-electron chi connectivity index (χ0n) is 20.3. The van der Waals surface area contributed by atoms with Gasteiger partial charge in [0.2, 0.25) is 0 Å². The van der Waals surface area contributed by atoms with Crippen LogP contribution in [0.25, 0.3) is 0 Å². The normalized spacial score (nSPS) is 14.0. The van der Waals surface area contributed by atoms with Crippen LogP contribution < -0.4 is 19.7 Å². The Balaban J connectivity index is 1.94. The minimum Gasteiger partial charge on any atom is -0.494 e. The molecule has 0 unspecified atom stereocenters. The molecule has 2 aromatic carbocycles. The summed E-state index contributed by atoms with van der Waals surface area (Å²) in [5.41, 5.74) is 1.65. The largest absolute Gasteiger partial charge is 0.494 e. The van der Waals surface area contributed by atoms with Crippen LogP contribution in [0.3, 0.4) is 0 Å². The molecule has 0 atom stereocenters. The molecule has 1 amide bonds. The molecule has 0 aromatic heterocycles. The molecule has 34 heavy (non-hydrogen) atoms. The number of carbonyl (C=O) groups is 1. The van der Waals surface area contributed by atoms with E-state index in [9.17, 15) is 13.2 Å². The van der Waals surface area contributed by atoms with Gasteiger partial charge in [-0.3, -0.25) is 9.52 Å². The van der Waals surface area contributed by atoms with Gasteiger partial charge in [-0.2, -0.15) is 0 Å².